The van der Waals surface area contributed by atoms with Crippen molar-refractivity contribution >= 4 is 5.69 Å². The van der Waals surface area contributed by atoms with Crippen LogP contribution >= 0.6 is 0 Å². The van der Waals surface area contributed by atoms with E-state index < -0.39 is 0 Å². The van der Waals surface area contributed by atoms with Crippen LogP contribution in [0.5, 0.6) is 17.5 Å². The van der Waals surface area contributed by atoms with Crippen LogP contribution in [0.15, 0.2) is 30.6 Å². The van der Waals surface area contributed by atoms with Gasteiger partial charge in [-0.3, -0.25) is 0 Å². The van der Waals surface area contributed by atoms with E-state index in [2.05, 4.69) is 9.97 Å². The number of anilines is 1. The number of aromatic nitrogens is 2. The fourth-order valence-corrected chi connectivity index (χ4v) is 1.42. The summed E-state index contributed by atoms with van der Waals surface area (Å²) in [5.74, 6) is 1.59. The summed E-state index contributed by atoms with van der Waals surface area (Å²) in [5, 5.41) is 0. The molecule has 1 aromatic heterocycles. The van der Waals surface area contributed by atoms with Gasteiger partial charge >= 0.3 is 0 Å². The smallest absolute Gasteiger partial charge is 0.229 e. The van der Waals surface area contributed by atoms with Gasteiger partial charge in [-0.05, 0) is 19.1 Å². The molecule has 2 rings (SSSR count). The molecule has 17 heavy (non-hydrogen) atoms. The highest BCUT2D eigenvalue weighted by Crippen LogP contribution is 2.27. The molecule has 0 unspecified atom stereocenters. The van der Waals surface area contributed by atoms with Gasteiger partial charge in [0.25, 0.3) is 0 Å². The zero-order chi connectivity index (χ0) is 12.3. The van der Waals surface area contributed by atoms with Gasteiger partial charge in [0.2, 0.25) is 11.8 Å². The third-order valence-corrected chi connectivity index (χ3v) is 2.26. The molecule has 5 heteroatoms. The summed E-state index contributed by atoms with van der Waals surface area (Å²) < 4.78 is 10.7. The molecule has 0 bridgehead atoms. The van der Waals surface area contributed by atoms with Gasteiger partial charge in [-0.1, -0.05) is 6.07 Å². The zero-order valence-corrected chi connectivity index (χ0v) is 9.68. The fourth-order valence-electron chi connectivity index (χ4n) is 1.42. The van der Waals surface area contributed by atoms with Crippen LogP contribution in [0.3, 0.4) is 0 Å². The summed E-state index contributed by atoms with van der Waals surface area (Å²) >= 11 is 0. The van der Waals surface area contributed by atoms with E-state index in [0.717, 1.165) is 5.56 Å². The number of hydrogen-bond acceptors (Lipinski definition) is 5. The first kappa shape index (κ1) is 11.2. The lowest BCUT2D eigenvalue weighted by atomic mass is 10.3. The van der Waals surface area contributed by atoms with Crippen molar-refractivity contribution in [1.29, 1.82) is 0 Å². The van der Waals surface area contributed by atoms with E-state index in [1.54, 1.807) is 19.2 Å². The first-order chi connectivity index (χ1) is 8.20. The number of nitrogen functional groups attached to an aromatic ring is 1. The van der Waals surface area contributed by atoms with Gasteiger partial charge in [-0.15, -0.1) is 0 Å². The predicted octanol–water partition coefficient (Wildman–Crippen LogP) is 2.17. The van der Waals surface area contributed by atoms with Crippen molar-refractivity contribution < 1.29 is 9.47 Å². The normalized spacial score (nSPS) is 10.0. The van der Waals surface area contributed by atoms with Crippen LogP contribution in [0.2, 0.25) is 0 Å². The van der Waals surface area contributed by atoms with Gasteiger partial charge < -0.3 is 15.2 Å². The van der Waals surface area contributed by atoms with Gasteiger partial charge in [0, 0.05) is 11.8 Å². The standard InChI is InChI=1S/C12H13N3O2/c1-8-11(16-2)14-7-15-12(8)17-10-5-3-4-9(13)6-10/h3-7H,13H2,1-2H3. The molecule has 5 nitrogen and oxygen atoms in total. The number of methoxy groups -OCH3 is 1. The first-order valence-electron chi connectivity index (χ1n) is 5.09. The van der Waals surface area contributed by atoms with Gasteiger partial charge in [0.05, 0.1) is 12.7 Å². The van der Waals surface area contributed by atoms with Crippen molar-refractivity contribution in [3.8, 4) is 17.5 Å². The van der Waals surface area contributed by atoms with Crippen LogP contribution < -0.4 is 15.2 Å². The number of rotatable bonds is 3. The summed E-state index contributed by atoms with van der Waals surface area (Å²) in [6, 6.07) is 7.15. The lowest BCUT2D eigenvalue weighted by Crippen LogP contribution is -1.97. The van der Waals surface area contributed by atoms with Gasteiger partial charge in [-0.25, -0.2) is 9.97 Å². The van der Waals surface area contributed by atoms with E-state index in [1.807, 2.05) is 19.1 Å². The summed E-state index contributed by atoms with van der Waals surface area (Å²) in [4.78, 5) is 8.04. The fraction of sp³-hybridized carbons (Fsp3) is 0.167. The molecule has 2 aromatic rings. The molecular weight excluding hydrogens is 218 g/mol. The molecule has 0 aliphatic carbocycles. The Hall–Kier alpha value is -2.30. The molecule has 88 valence electrons. The zero-order valence-electron chi connectivity index (χ0n) is 9.68. The highest BCUT2D eigenvalue weighted by molar-refractivity contribution is 5.45. The van der Waals surface area contributed by atoms with Crippen molar-refractivity contribution in [2.75, 3.05) is 12.8 Å². The Morgan fingerprint density at radius 3 is 2.65 bits per heavy atom. The lowest BCUT2D eigenvalue weighted by molar-refractivity contribution is 0.382. The maximum absolute atomic E-state index is 5.67. The van der Waals surface area contributed by atoms with Crippen molar-refractivity contribution in [2.45, 2.75) is 6.92 Å². The Bertz CT molecular complexity index is 529. The van der Waals surface area contributed by atoms with Crippen LogP contribution in [0, 0.1) is 6.92 Å². The molecule has 0 fully saturated rings. The van der Waals surface area contributed by atoms with E-state index in [1.165, 1.54) is 6.33 Å². The van der Waals surface area contributed by atoms with Crippen LogP contribution in [0.1, 0.15) is 5.56 Å². The Balaban J connectivity index is 2.30. The van der Waals surface area contributed by atoms with Crippen LogP contribution in [-0.4, -0.2) is 17.1 Å². The van der Waals surface area contributed by atoms with Crippen LogP contribution in [0.25, 0.3) is 0 Å². The minimum absolute atomic E-state index is 0.461. The molecule has 0 saturated heterocycles. The minimum atomic E-state index is 0.461. The Kier molecular flexibility index (Phi) is 3.09. The average molecular weight is 231 g/mol. The number of ether oxygens (including phenoxy) is 2. The van der Waals surface area contributed by atoms with E-state index >= 15 is 0 Å². The lowest BCUT2D eigenvalue weighted by Gasteiger charge is -2.09. The van der Waals surface area contributed by atoms with Crippen LogP contribution in [-0.2, 0) is 0 Å². The van der Waals surface area contributed by atoms with Gasteiger partial charge in [-0.2, -0.15) is 0 Å². The molecular formula is C12H13N3O2. The Labute approximate surface area is 99.2 Å². The number of nitrogens with two attached hydrogens (primary N) is 1. The third kappa shape index (κ3) is 2.44. The average Bonchev–Trinajstić information content (AvgIpc) is 2.32. The number of hydrogen-bond donors (Lipinski definition) is 1. The van der Waals surface area contributed by atoms with E-state index in [0.29, 0.717) is 23.2 Å². The summed E-state index contributed by atoms with van der Waals surface area (Å²) in [7, 11) is 1.56. The van der Waals surface area contributed by atoms with E-state index in [-0.39, 0.29) is 0 Å². The van der Waals surface area contributed by atoms with Crippen molar-refractivity contribution in [2.24, 2.45) is 0 Å². The molecule has 1 aromatic carbocycles. The highest BCUT2D eigenvalue weighted by Gasteiger charge is 2.09. The second-order valence-electron chi connectivity index (χ2n) is 3.49. The molecule has 0 saturated carbocycles. The molecule has 2 N–H and O–H groups in total. The Morgan fingerprint density at radius 2 is 1.94 bits per heavy atom. The Morgan fingerprint density at radius 1 is 1.18 bits per heavy atom. The first-order valence-corrected chi connectivity index (χ1v) is 5.09. The summed E-state index contributed by atoms with van der Waals surface area (Å²) in [5.41, 5.74) is 7.06. The molecule has 0 radical (unpaired) electrons. The molecule has 1 heterocycles. The van der Waals surface area contributed by atoms with E-state index in [9.17, 15) is 0 Å². The van der Waals surface area contributed by atoms with Crippen molar-refractivity contribution in [3.05, 3.63) is 36.2 Å². The molecule has 0 aliphatic heterocycles. The highest BCUT2D eigenvalue weighted by atomic mass is 16.5. The number of benzene rings is 1. The SMILES string of the molecule is COc1ncnc(Oc2cccc(N)c2)c1C. The van der Waals surface area contributed by atoms with Crippen molar-refractivity contribution in [1.82, 2.24) is 9.97 Å². The van der Waals surface area contributed by atoms with Crippen LogP contribution in [0.4, 0.5) is 5.69 Å². The van der Waals surface area contributed by atoms with Gasteiger partial charge in [0.15, 0.2) is 0 Å². The summed E-state index contributed by atoms with van der Waals surface area (Å²) in [6.45, 7) is 1.83. The maximum Gasteiger partial charge on any atom is 0.229 e. The minimum Gasteiger partial charge on any atom is -0.481 e. The quantitative estimate of drug-likeness (QED) is 0.820. The third-order valence-electron chi connectivity index (χ3n) is 2.26. The molecule has 0 amide bonds. The van der Waals surface area contributed by atoms with E-state index in [4.69, 9.17) is 15.2 Å². The maximum atomic E-state index is 5.67. The van der Waals surface area contributed by atoms with Crippen molar-refractivity contribution in [3.63, 3.8) is 0 Å². The largest absolute Gasteiger partial charge is 0.481 e. The summed E-state index contributed by atoms with van der Waals surface area (Å²) in [6.07, 6.45) is 1.40. The second-order valence-corrected chi connectivity index (χ2v) is 3.49. The second kappa shape index (κ2) is 4.69. The molecule has 0 atom stereocenters. The molecule has 0 aliphatic rings. The topological polar surface area (TPSA) is 70.3 Å². The molecule has 0 spiro atoms. The van der Waals surface area contributed by atoms with Gasteiger partial charge in [0.1, 0.15) is 12.1 Å². The monoisotopic (exact) mass is 231 g/mol. The number of nitrogens with zero attached hydrogens (tertiary/aromatic N) is 2. The predicted molar refractivity (Wildman–Crippen MR) is 64.2 cm³/mol.